The number of benzene rings is 1. The van der Waals surface area contributed by atoms with Crippen LogP contribution in [0.3, 0.4) is 0 Å². The molecule has 0 aliphatic rings. The average molecular weight is 332 g/mol. The van der Waals surface area contributed by atoms with Crippen LogP contribution in [0.5, 0.6) is 0 Å². The largest absolute Gasteiger partial charge is 0.369 e. The highest BCUT2D eigenvalue weighted by Gasteiger charge is 2.09. The van der Waals surface area contributed by atoms with E-state index in [1.807, 2.05) is 30.5 Å². The molecule has 0 saturated carbocycles. The maximum atomic E-state index is 4.41. The molecule has 0 bridgehead atoms. The lowest BCUT2D eigenvalue weighted by atomic mass is 10.2. The zero-order chi connectivity index (χ0) is 16.2. The van der Waals surface area contributed by atoms with Crippen LogP contribution >= 0.6 is 11.3 Å². The summed E-state index contributed by atoms with van der Waals surface area (Å²) in [5, 5.41) is 4.49. The Kier molecular flexibility index (Phi) is 4.16. The molecular weight excluding hydrogens is 316 g/mol. The van der Waals surface area contributed by atoms with Crippen LogP contribution in [0.2, 0.25) is 0 Å². The Morgan fingerprint density at radius 3 is 2.62 bits per heavy atom. The Bertz CT molecular complexity index is 935. The summed E-state index contributed by atoms with van der Waals surface area (Å²) in [5.74, 6) is 0.884. The summed E-state index contributed by atoms with van der Waals surface area (Å²) in [6.45, 7) is 0.791. The van der Waals surface area contributed by atoms with E-state index in [1.54, 1.807) is 17.7 Å². The number of thiophene rings is 1. The molecule has 4 nitrogen and oxygen atoms in total. The fraction of sp³-hybridized carbons (Fsp3) is 0.105. The van der Waals surface area contributed by atoms with Crippen LogP contribution in [-0.2, 0) is 6.42 Å². The van der Waals surface area contributed by atoms with Crippen molar-refractivity contribution >= 4 is 27.4 Å². The number of aromatic nitrogens is 3. The number of nitrogens with one attached hydrogen (secondary N) is 1. The highest BCUT2D eigenvalue weighted by Crippen LogP contribution is 2.34. The smallest absolute Gasteiger partial charge is 0.138 e. The van der Waals surface area contributed by atoms with E-state index in [4.69, 9.17) is 0 Å². The Labute approximate surface area is 144 Å². The summed E-state index contributed by atoms with van der Waals surface area (Å²) in [4.78, 5) is 15.4. The standard InChI is InChI=1S/C19H16N4S/c1-2-6-14(7-3-1)17-12-16-18(22-13-23-19(16)24-17)21-11-9-15-8-4-5-10-20-15/h1-8,10,12-13H,9,11H2,(H,21,22,23). The van der Waals surface area contributed by atoms with Crippen molar-refractivity contribution in [3.8, 4) is 10.4 Å². The van der Waals surface area contributed by atoms with Crippen LogP contribution in [0.15, 0.2) is 67.1 Å². The molecule has 24 heavy (non-hydrogen) atoms. The van der Waals surface area contributed by atoms with Gasteiger partial charge in [-0.15, -0.1) is 11.3 Å². The van der Waals surface area contributed by atoms with Crippen LogP contribution in [0.1, 0.15) is 5.69 Å². The first-order valence-electron chi connectivity index (χ1n) is 7.84. The normalized spacial score (nSPS) is 10.8. The molecule has 0 aliphatic heterocycles. The number of rotatable bonds is 5. The molecule has 4 aromatic rings. The van der Waals surface area contributed by atoms with Crippen molar-refractivity contribution < 1.29 is 0 Å². The minimum absolute atomic E-state index is 0.791. The summed E-state index contributed by atoms with van der Waals surface area (Å²) in [7, 11) is 0. The molecule has 1 aromatic carbocycles. The monoisotopic (exact) mass is 332 g/mol. The van der Waals surface area contributed by atoms with Crippen molar-refractivity contribution in [2.45, 2.75) is 6.42 Å². The van der Waals surface area contributed by atoms with Gasteiger partial charge < -0.3 is 5.32 Å². The Morgan fingerprint density at radius 1 is 0.917 bits per heavy atom. The van der Waals surface area contributed by atoms with Gasteiger partial charge in [0.25, 0.3) is 0 Å². The lowest BCUT2D eigenvalue weighted by Gasteiger charge is -2.05. The fourth-order valence-electron chi connectivity index (χ4n) is 2.60. The summed E-state index contributed by atoms with van der Waals surface area (Å²) in [6, 6.07) is 18.5. The van der Waals surface area contributed by atoms with E-state index < -0.39 is 0 Å². The molecule has 0 amide bonds. The molecule has 0 fully saturated rings. The van der Waals surface area contributed by atoms with E-state index in [0.717, 1.165) is 34.7 Å². The summed E-state index contributed by atoms with van der Waals surface area (Å²) in [5.41, 5.74) is 2.28. The van der Waals surface area contributed by atoms with E-state index in [0.29, 0.717) is 0 Å². The van der Waals surface area contributed by atoms with E-state index in [1.165, 1.54) is 10.4 Å². The molecule has 1 N–H and O–H groups in total. The molecule has 0 aliphatic carbocycles. The topological polar surface area (TPSA) is 50.7 Å². The van der Waals surface area contributed by atoms with E-state index >= 15 is 0 Å². The minimum Gasteiger partial charge on any atom is -0.369 e. The SMILES string of the molecule is c1ccc(-c2cc3c(NCCc4ccccn4)ncnc3s2)cc1. The molecule has 3 aromatic heterocycles. The van der Waals surface area contributed by atoms with Gasteiger partial charge >= 0.3 is 0 Å². The minimum atomic E-state index is 0.791. The molecular formula is C19H16N4S. The zero-order valence-electron chi connectivity index (χ0n) is 13.0. The van der Waals surface area contributed by atoms with Gasteiger partial charge in [-0.2, -0.15) is 0 Å². The molecule has 0 atom stereocenters. The van der Waals surface area contributed by atoms with Crippen molar-refractivity contribution in [2.24, 2.45) is 0 Å². The molecule has 5 heteroatoms. The van der Waals surface area contributed by atoms with Crippen molar-refractivity contribution in [1.29, 1.82) is 0 Å². The van der Waals surface area contributed by atoms with Crippen molar-refractivity contribution in [2.75, 3.05) is 11.9 Å². The molecule has 0 saturated heterocycles. The van der Waals surface area contributed by atoms with Gasteiger partial charge in [-0.05, 0) is 23.8 Å². The number of fused-ring (bicyclic) bond motifs is 1. The second-order valence-electron chi connectivity index (χ2n) is 5.42. The van der Waals surface area contributed by atoms with E-state index in [2.05, 4.69) is 50.6 Å². The van der Waals surface area contributed by atoms with E-state index in [9.17, 15) is 0 Å². The van der Waals surface area contributed by atoms with Crippen LogP contribution in [0.25, 0.3) is 20.7 Å². The molecule has 0 radical (unpaired) electrons. The van der Waals surface area contributed by atoms with Crippen molar-refractivity contribution in [3.63, 3.8) is 0 Å². The Morgan fingerprint density at radius 2 is 1.79 bits per heavy atom. The van der Waals surface area contributed by atoms with Gasteiger partial charge in [0.2, 0.25) is 0 Å². The van der Waals surface area contributed by atoms with Crippen LogP contribution in [0.4, 0.5) is 5.82 Å². The highest BCUT2D eigenvalue weighted by atomic mass is 32.1. The number of pyridine rings is 1. The third-order valence-corrected chi connectivity index (χ3v) is 4.88. The average Bonchev–Trinajstić information content (AvgIpc) is 3.09. The first-order chi connectivity index (χ1) is 11.9. The first-order valence-corrected chi connectivity index (χ1v) is 8.65. The molecule has 0 unspecified atom stereocenters. The molecule has 118 valence electrons. The van der Waals surface area contributed by atoms with Gasteiger partial charge in [0, 0.05) is 29.7 Å². The van der Waals surface area contributed by atoms with Crippen LogP contribution in [0, 0.1) is 0 Å². The third kappa shape index (κ3) is 3.12. The first kappa shape index (κ1) is 14.8. The summed E-state index contributed by atoms with van der Waals surface area (Å²) in [6.07, 6.45) is 4.31. The number of hydrogen-bond donors (Lipinski definition) is 1. The van der Waals surface area contributed by atoms with Crippen LogP contribution in [-0.4, -0.2) is 21.5 Å². The quantitative estimate of drug-likeness (QED) is 0.588. The lowest BCUT2D eigenvalue weighted by molar-refractivity contribution is 0.954. The molecule has 0 spiro atoms. The van der Waals surface area contributed by atoms with Crippen molar-refractivity contribution in [3.05, 3.63) is 72.8 Å². The zero-order valence-corrected chi connectivity index (χ0v) is 13.8. The van der Waals surface area contributed by atoms with Crippen molar-refractivity contribution in [1.82, 2.24) is 15.0 Å². The second-order valence-corrected chi connectivity index (χ2v) is 6.45. The maximum Gasteiger partial charge on any atom is 0.138 e. The Balaban J connectivity index is 1.56. The predicted octanol–water partition coefficient (Wildman–Crippen LogP) is 4.41. The predicted molar refractivity (Wildman–Crippen MR) is 99.3 cm³/mol. The maximum absolute atomic E-state index is 4.41. The third-order valence-electron chi connectivity index (χ3n) is 3.79. The van der Waals surface area contributed by atoms with E-state index in [-0.39, 0.29) is 0 Å². The second kappa shape index (κ2) is 6.76. The summed E-state index contributed by atoms with van der Waals surface area (Å²) < 4.78 is 0. The number of hydrogen-bond acceptors (Lipinski definition) is 5. The number of nitrogens with zero attached hydrogens (tertiary/aromatic N) is 3. The molecule has 3 heterocycles. The van der Waals surface area contributed by atoms with Gasteiger partial charge in [0.05, 0.1) is 5.39 Å². The number of anilines is 1. The fourth-order valence-corrected chi connectivity index (χ4v) is 3.60. The Hall–Kier alpha value is -2.79. The highest BCUT2D eigenvalue weighted by molar-refractivity contribution is 7.21. The van der Waals surface area contributed by atoms with Crippen LogP contribution < -0.4 is 5.32 Å². The van der Waals surface area contributed by atoms with Gasteiger partial charge in [0.1, 0.15) is 17.0 Å². The van der Waals surface area contributed by atoms with Gasteiger partial charge in [0.15, 0.2) is 0 Å². The van der Waals surface area contributed by atoms with Gasteiger partial charge in [-0.3, -0.25) is 4.98 Å². The molecule has 4 rings (SSSR count). The van der Waals surface area contributed by atoms with Gasteiger partial charge in [-0.1, -0.05) is 36.4 Å². The van der Waals surface area contributed by atoms with Gasteiger partial charge in [-0.25, -0.2) is 9.97 Å². The lowest BCUT2D eigenvalue weighted by Crippen LogP contribution is -2.07. The summed E-state index contributed by atoms with van der Waals surface area (Å²) >= 11 is 1.69.